The number of nitrogens with zero attached hydrogens (tertiary/aromatic N) is 3. The molecule has 0 saturated carbocycles. The Morgan fingerprint density at radius 1 is 1.44 bits per heavy atom. The monoisotopic (exact) mass is 222 g/mol. The predicted molar refractivity (Wildman–Crippen MR) is 56.4 cm³/mol. The first kappa shape index (κ1) is 10.7. The molecule has 6 nitrogen and oxygen atoms in total. The summed E-state index contributed by atoms with van der Waals surface area (Å²) < 4.78 is 1.66. The Labute approximate surface area is 93.2 Å². The van der Waals surface area contributed by atoms with Gasteiger partial charge in [-0.25, -0.2) is 4.79 Å². The second kappa shape index (κ2) is 3.33. The van der Waals surface area contributed by atoms with Crippen molar-refractivity contribution in [1.29, 1.82) is 0 Å². The smallest absolute Gasteiger partial charge is 0.306 e. The van der Waals surface area contributed by atoms with E-state index >= 15 is 0 Å². The number of hydrogen-bond donors (Lipinski definition) is 1. The van der Waals surface area contributed by atoms with Gasteiger partial charge in [0.25, 0.3) is 5.91 Å². The van der Waals surface area contributed by atoms with Crippen molar-refractivity contribution >= 4 is 11.9 Å². The van der Waals surface area contributed by atoms with Gasteiger partial charge in [0.1, 0.15) is 5.54 Å². The van der Waals surface area contributed by atoms with E-state index in [2.05, 4.69) is 10.4 Å². The van der Waals surface area contributed by atoms with Crippen molar-refractivity contribution in [2.24, 2.45) is 7.05 Å². The van der Waals surface area contributed by atoms with Gasteiger partial charge in [-0.2, -0.15) is 5.10 Å². The maximum Gasteiger partial charge on any atom is 0.325 e. The van der Waals surface area contributed by atoms with E-state index < -0.39 is 5.54 Å². The predicted octanol–water partition coefficient (Wildman–Crippen LogP) is 0.250. The number of carbonyl (C=O) groups excluding carboxylic acids is 2. The van der Waals surface area contributed by atoms with Gasteiger partial charge in [-0.05, 0) is 13.8 Å². The molecule has 2 rings (SSSR count). The Morgan fingerprint density at radius 3 is 2.56 bits per heavy atom. The third kappa shape index (κ3) is 1.56. The summed E-state index contributed by atoms with van der Waals surface area (Å²) in [6.07, 6.45) is 3.51. The average molecular weight is 222 g/mol. The van der Waals surface area contributed by atoms with Crippen LogP contribution in [0, 0.1) is 0 Å². The van der Waals surface area contributed by atoms with E-state index in [1.165, 1.54) is 4.90 Å². The normalized spacial score (nSPS) is 19.1. The molecule has 6 heteroatoms. The van der Waals surface area contributed by atoms with Gasteiger partial charge in [0.05, 0.1) is 12.7 Å². The number of imide groups is 1. The maximum absolute atomic E-state index is 11.6. The molecule has 1 saturated heterocycles. The van der Waals surface area contributed by atoms with Crippen LogP contribution in [-0.4, -0.2) is 32.2 Å². The molecule has 16 heavy (non-hydrogen) atoms. The molecule has 2 heterocycles. The molecular weight excluding hydrogens is 208 g/mol. The Bertz CT molecular complexity index is 449. The summed E-state index contributed by atoms with van der Waals surface area (Å²) >= 11 is 0. The highest BCUT2D eigenvalue weighted by Crippen LogP contribution is 2.22. The van der Waals surface area contributed by atoms with Gasteiger partial charge in [-0.1, -0.05) is 0 Å². The number of aromatic nitrogens is 2. The molecule has 0 radical (unpaired) electrons. The summed E-state index contributed by atoms with van der Waals surface area (Å²) in [4.78, 5) is 24.6. The van der Waals surface area contributed by atoms with Crippen molar-refractivity contribution in [3.05, 3.63) is 18.0 Å². The minimum atomic E-state index is -0.799. The Morgan fingerprint density at radius 2 is 2.12 bits per heavy atom. The molecule has 1 aromatic heterocycles. The molecule has 1 N–H and O–H groups in total. The molecule has 0 unspecified atom stereocenters. The maximum atomic E-state index is 11.6. The van der Waals surface area contributed by atoms with Gasteiger partial charge in [0, 0.05) is 18.8 Å². The first-order valence-electron chi connectivity index (χ1n) is 5.02. The Balaban J connectivity index is 2.21. The highest BCUT2D eigenvalue weighted by atomic mass is 16.2. The standard InChI is InChI=1S/C10H14N4O2/c1-10(2)8(15)12-9(16)14(10)6-7-4-11-13(3)5-7/h4-5H,6H2,1-3H3,(H,12,15,16). The number of rotatable bonds is 2. The highest BCUT2D eigenvalue weighted by molar-refractivity contribution is 6.06. The summed E-state index contributed by atoms with van der Waals surface area (Å²) in [5.74, 6) is -0.263. The van der Waals surface area contributed by atoms with Crippen LogP contribution in [0.3, 0.4) is 0 Å². The summed E-state index contributed by atoms with van der Waals surface area (Å²) in [5, 5.41) is 6.33. The van der Waals surface area contributed by atoms with Crippen LogP contribution in [0.4, 0.5) is 4.79 Å². The van der Waals surface area contributed by atoms with Gasteiger partial charge in [-0.15, -0.1) is 0 Å². The van der Waals surface area contributed by atoms with Crippen molar-refractivity contribution in [1.82, 2.24) is 20.0 Å². The number of urea groups is 1. The molecule has 0 bridgehead atoms. The molecule has 0 atom stereocenters. The number of amides is 3. The fourth-order valence-electron chi connectivity index (χ4n) is 1.70. The topological polar surface area (TPSA) is 67.2 Å². The lowest BCUT2D eigenvalue weighted by Crippen LogP contribution is -2.43. The number of aryl methyl sites for hydroxylation is 1. The molecule has 3 amide bonds. The third-order valence-electron chi connectivity index (χ3n) is 2.80. The highest BCUT2D eigenvalue weighted by Gasteiger charge is 2.45. The van der Waals surface area contributed by atoms with Crippen molar-refractivity contribution < 1.29 is 9.59 Å². The zero-order valence-corrected chi connectivity index (χ0v) is 9.52. The molecule has 86 valence electrons. The summed E-state index contributed by atoms with van der Waals surface area (Å²) in [6.45, 7) is 3.84. The fraction of sp³-hybridized carbons (Fsp3) is 0.500. The van der Waals surface area contributed by atoms with Crippen LogP contribution in [0.15, 0.2) is 12.4 Å². The second-order valence-electron chi connectivity index (χ2n) is 4.43. The number of nitrogens with one attached hydrogen (secondary N) is 1. The van der Waals surface area contributed by atoms with Crippen LogP contribution in [0.5, 0.6) is 0 Å². The quantitative estimate of drug-likeness (QED) is 0.729. The number of carbonyl (C=O) groups is 2. The second-order valence-corrected chi connectivity index (χ2v) is 4.43. The van der Waals surface area contributed by atoms with Crippen molar-refractivity contribution in [3.63, 3.8) is 0 Å². The van der Waals surface area contributed by atoms with Crippen molar-refractivity contribution in [2.75, 3.05) is 0 Å². The lowest BCUT2D eigenvalue weighted by Gasteiger charge is -2.27. The zero-order valence-electron chi connectivity index (χ0n) is 9.52. The van der Waals surface area contributed by atoms with E-state index in [1.54, 1.807) is 24.7 Å². The van der Waals surface area contributed by atoms with Crippen LogP contribution in [0.2, 0.25) is 0 Å². The molecule has 1 fully saturated rings. The molecule has 0 aliphatic carbocycles. The fourth-order valence-corrected chi connectivity index (χ4v) is 1.70. The lowest BCUT2D eigenvalue weighted by molar-refractivity contribution is -0.125. The SMILES string of the molecule is Cn1cc(CN2C(=O)NC(=O)C2(C)C)cn1. The molecule has 0 spiro atoms. The Kier molecular flexibility index (Phi) is 2.22. The van der Waals surface area contributed by atoms with Crippen LogP contribution in [0.25, 0.3) is 0 Å². The van der Waals surface area contributed by atoms with Crippen molar-refractivity contribution in [3.8, 4) is 0 Å². The minimum absolute atomic E-state index is 0.263. The minimum Gasteiger partial charge on any atom is -0.306 e. The van der Waals surface area contributed by atoms with Gasteiger partial charge >= 0.3 is 6.03 Å². The molecule has 0 aromatic carbocycles. The largest absolute Gasteiger partial charge is 0.325 e. The molecule has 1 aliphatic heterocycles. The first-order valence-corrected chi connectivity index (χ1v) is 5.02. The van der Waals surface area contributed by atoms with E-state index in [0.29, 0.717) is 6.54 Å². The van der Waals surface area contributed by atoms with E-state index in [0.717, 1.165) is 5.56 Å². The average Bonchev–Trinajstić information content (AvgIpc) is 2.66. The van der Waals surface area contributed by atoms with Crippen LogP contribution < -0.4 is 5.32 Å². The van der Waals surface area contributed by atoms with Gasteiger partial charge in [0.15, 0.2) is 0 Å². The van der Waals surface area contributed by atoms with Crippen molar-refractivity contribution in [2.45, 2.75) is 25.9 Å². The zero-order chi connectivity index (χ0) is 11.9. The van der Waals surface area contributed by atoms with E-state index in [-0.39, 0.29) is 11.9 Å². The summed E-state index contributed by atoms with van der Waals surface area (Å²) in [6, 6.07) is -0.348. The summed E-state index contributed by atoms with van der Waals surface area (Å²) in [5.41, 5.74) is 0.104. The van der Waals surface area contributed by atoms with E-state index in [9.17, 15) is 9.59 Å². The molecule has 1 aliphatic rings. The first-order chi connectivity index (χ1) is 7.41. The van der Waals surface area contributed by atoms with Gasteiger partial charge < -0.3 is 4.90 Å². The van der Waals surface area contributed by atoms with Gasteiger partial charge in [0.2, 0.25) is 0 Å². The Hall–Kier alpha value is -1.85. The van der Waals surface area contributed by atoms with E-state index in [1.807, 2.05) is 13.2 Å². The van der Waals surface area contributed by atoms with Gasteiger partial charge in [-0.3, -0.25) is 14.8 Å². The van der Waals surface area contributed by atoms with Crippen LogP contribution in [-0.2, 0) is 18.4 Å². The van der Waals surface area contributed by atoms with Crippen LogP contribution >= 0.6 is 0 Å². The van der Waals surface area contributed by atoms with Crippen LogP contribution in [0.1, 0.15) is 19.4 Å². The van der Waals surface area contributed by atoms with E-state index in [4.69, 9.17) is 0 Å². The third-order valence-corrected chi connectivity index (χ3v) is 2.80. The molecule has 1 aromatic rings. The lowest BCUT2D eigenvalue weighted by atomic mass is 10.0. The summed E-state index contributed by atoms with van der Waals surface area (Å²) in [7, 11) is 1.81. The number of hydrogen-bond acceptors (Lipinski definition) is 3. The molecular formula is C10H14N4O2.